The number of carbonyl (C=O) groups is 3. The van der Waals surface area contributed by atoms with Gasteiger partial charge in [-0.1, -0.05) is 13.8 Å². The summed E-state index contributed by atoms with van der Waals surface area (Å²) in [5, 5.41) is 7.78. The second kappa shape index (κ2) is 11.1. The molecule has 0 radical (unpaired) electrons. The van der Waals surface area contributed by atoms with Crippen LogP contribution in [0.2, 0.25) is 0 Å². The summed E-state index contributed by atoms with van der Waals surface area (Å²) in [5.41, 5.74) is -0.133. The van der Waals surface area contributed by atoms with Crippen molar-refractivity contribution in [3.63, 3.8) is 0 Å². The van der Waals surface area contributed by atoms with Crippen molar-refractivity contribution in [1.82, 2.24) is 10.6 Å². The molecular weight excluding hydrogens is 394 g/mol. The Labute approximate surface area is 175 Å². The van der Waals surface area contributed by atoms with Crippen molar-refractivity contribution in [2.75, 3.05) is 18.1 Å². The van der Waals surface area contributed by atoms with Crippen LogP contribution < -0.4 is 16.0 Å². The molecule has 1 aromatic rings. The van der Waals surface area contributed by atoms with Crippen LogP contribution in [0.5, 0.6) is 0 Å². The molecule has 0 aromatic heterocycles. The molecular formula is C20H31N3O5S. The van der Waals surface area contributed by atoms with Gasteiger partial charge in [-0.3, -0.25) is 9.59 Å². The van der Waals surface area contributed by atoms with Crippen molar-refractivity contribution >= 4 is 34.8 Å². The van der Waals surface area contributed by atoms with Gasteiger partial charge in [0.25, 0.3) is 0 Å². The third-order valence-corrected chi connectivity index (χ3v) is 4.54. The van der Waals surface area contributed by atoms with Gasteiger partial charge in [-0.15, -0.1) is 0 Å². The van der Waals surface area contributed by atoms with Crippen LogP contribution in [0.1, 0.15) is 41.0 Å². The Morgan fingerprint density at radius 1 is 1.14 bits per heavy atom. The maximum absolute atomic E-state index is 12.5. The lowest BCUT2D eigenvalue weighted by Gasteiger charge is -2.22. The Morgan fingerprint density at radius 3 is 2.21 bits per heavy atom. The fourth-order valence-electron chi connectivity index (χ4n) is 2.42. The van der Waals surface area contributed by atoms with Gasteiger partial charge >= 0.3 is 12.0 Å². The van der Waals surface area contributed by atoms with Crippen molar-refractivity contribution in [3.8, 4) is 0 Å². The highest BCUT2D eigenvalue weighted by Crippen LogP contribution is 2.14. The van der Waals surface area contributed by atoms with E-state index in [2.05, 4.69) is 16.0 Å². The molecule has 2 unspecified atom stereocenters. The highest BCUT2D eigenvalue weighted by molar-refractivity contribution is 7.90. The van der Waals surface area contributed by atoms with Gasteiger partial charge in [-0.25, -0.2) is 4.79 Å². The zero-order valence-corrected chi connectivity index (χ0v) is 18.6. The van der Waals surface area contributed by atoms with Crippen LogP contribution in [-0.2, 0) is 25.5 Å². The van der Waals surface area contributed by atoms with Crippen LogP contribution in [-0.4, -0.2) is 46.9 Å². The number of benzene rings is 1. The third-order valence-electron chi connectivity index (χ3n) is 3.60. The summed E-state index contributed by atoms with van der Waals surface area (Å²) in [5.74, 6) is -0.866. The number of hydrogen-bond donors (Lipinski definition) is 3. The molecule has 3 N–H and O–H groups in total. The summed E-state index contributed by atoms with van der Waals surface area (Å²) >= 11 is -1.10. The molecule has 8 nitrogen and oxygen atoms in total. The minimum absolute atomic E-state index is 0.145. The predicted octanol–water partition coefficient (Wildman–Crippen LogP) is 2.42. The zero-order valence-electron chi connectivity index (χ0n) is 17.8. The van der Waals surface area contributed by atoms with Crippen LogP contribution in [0.3, 0.4) is 0 Å². The van der Waals surface area contributed by atoms with Crippen molar-refractivity contribution < 1.29 is 23.7 Å². The summed E-state index contributed by atoms with van der Waals surface area (Å²) < 4.78 is 16.6. The Hall–Kier alpha value is -2.26. The number of hydrogen-bond acceptors (Lipinski definition) is 5. The van der Waals surface area contributed by atoms with Gasteiger partial charge in [-0.2, -0.15) is 0 Å². The largest absolute Gasteiger partial charge is 0.612 e. The number of carbonyl (C=O) groups excluding carboxylic acids is 3. The van der Waals surface area contributed by atoms with E-state index in [1.165, 1.54) is 0 Å². The first-order valence-corrected chi connectivity index (χ1v) is 10.9. The Morgan fingerprint density at radius 2 is 1.72 bits per heavy atom. The second-order valence-electron chi connectivity index (χ2n) is 8.06. The molecule has 9 heteroatoms. The van der Waals surface area contributed by atoms with Gasteiger partial charge in [0, 0.05) is 5.69 Å². The first-order valence-electron chi connectivity index (χ1n) is 9.38. The normalized spacial score (nSPS) is 13.4. The highest BCUT2D eigenvalue weighted by atomic mass is 32.2. The zero-order chi connectivity index (χ0) is 22.2. The molecule has 0 aliphatic rings. The average Bonchev–Trinajstić information content (AvgIpc) is 2.57. The highest BCUT2D eigenvalue weighted by Gasteiger charge is 2.24. The maximum atomic E-state index is 12.5. The molecule has 0 heterocycles. The summed E-state index contributed by atoms with van der Waals surface area (Å²) in [4.78, 5) is 37.2. The SMILES string of the molecule is CC(C)CC(NC(=O)Nc1ccc([S+](C)[O-])cc1)C(=O)NCC(=O)OC(C)(C)C. The molecule has 0 fully saturated rings. The van der Waals surface area contributed by atoms with E-state index in [0.29, 0.717) is 17.0 Å². The number of ether oxygens (including phenoxy) is 1. The van der Waals surface area contributed by atoms with E-state index < -0.39 is 40.7 Å². The molecule has 0 aliphatic heterocycles. The molecule has 1 rings (SSSR count). The Bertz CT molecular complexity index is 699. The van der Waals surface area contributed by atoms with E-state index in [4.69, 9.17) is 4.74 Å². The van der Waals surface area contributed by atoms with E-state index in [-0.39, 0.29) is 12.5 Å². The van der Waals surface area contributed by atoms with Crippen molar-refractivity contribution in [2.45, 2.75) is 57.6 Å². The van der Waals surface area contributed by atoms with Gasteiger partial charge in [-0.05, 0) is 68.6 Å². The molecule has 0 spiro atoms. The predicted molar refractivity (Wildman–Crippen MR) is 113 cm³/mol. The number of esters is 1. The lowest BCUT2D eigenvalue weighted by atomic mass is 10.0. The minimum atomic E-state index is -1.10. The summed E-state index contributed by atoms with van der Waals surface area (Å²) in [7, 11) is 0. The van der Waals surface area contributed by atoms with Crippen LogP contribution in [0.4, 0.5) is 10.5 Å². The standard InChI is InChI=1S/C20H31N3O5S/c1-13(2)11-16(18(25)21-12-17(24)28-20(3,4)5)23-19(26)22-14-7-9-15(10-8-14)29(6)27/h7-10,13,16H,11-12H2,1-6H3,(H,21,25)(H2,22,23,26). The first-order chi connectivity index (χ1) is 13.4. The smallest absolute Gasteiger partial charge is 0.325 e. The maximum Gasteiger partial charge on any atom is 0.325 e. The fraction of sp³-hybridized carbons (Fsp3) is 0.550. The number of nitrogens with one attached hydrogen (secondary N) is 3. The Balaban J connectivity index is 2.65. The van der Waals surface area contributed by atoms with E-state index in [0.717, 1.165) is 0 Å². The molecule has 29 heavy (non-hydrogen) atoms. The molecule has 3 amide bonds. The average molecular weight is 426 g/mol. The summed E-state index contributed by atoms with van der Waals surface area (Å²) in [6.07, 6.45) is 1.98. The van der Waals surface area contributed by atoms with E-state index in [1.54, 1.807) is 51.3 Å². The van der Waals surface area contributed by atoms with Gasteiger partial charge in [0.15, 0.2) is 4.90 Å². The molecule has 2 atom stereocenters. The monoisotopic (exact) mass is 425 g/mol. The molecule has 162 valence electrons. The number of amides is 3. The van der Waals surface area contributed by atoms with E-state index in [9.17, 15) is 18.9 Å². The van der Waals surface area contributed by atoms with Gasteiger partial charge in [0.05, 0.1) is 0 Å². The third kappa shape index (κ3) is 10.2. The molecule has 0 saturated heterocycles. The van der Waals surface area contributed by atoms with Crippen LogP contribution in [0, 0.1) is 5.92 Å². The van der Waals surface area contributed by atoms with Crippen molar-refractivity contribution in [1.29, 1.82) is 0 Å². The molecule has 0 saturated carbocycles. The number of anilines is 1. The summed E-state index contributed by atoms with van der Waals surface area (Å²) in [6, 6.07) is 5.23. The van der Waals surface area contributed by atoms with E-state index >= 15 is 0 Å². The quantitative estimate of drug-likeness (QED) is 0.436. The van der Waals surface area contributed by atoms with Gasteiger partial charge in [0.1, 0.15) is 24.4 Å². The minimum Gasteiger partial charge on any atom is -0.612 e. The fourth-order valence-corrected chi connectivity index (χ4v) is 2.94. The van der Waals surface area contributed by atoms with Crippen LogP contribution in [0.25, 0.3) is 0 Å². The van der Waals surface area contributed by atoms with Crippen LogP contribution >= 0.6 is 0 Å². The van der Waals surface area contributed by atoms with Gasteiger partial charge in [0.2, 0.25) is 5.91 Å². The second-order valence-corrected chi connectivity index (χ2v) is 9.44. The molecule has 0 aliphatic carbocycles. The lowest BCUT2D eigenvalue weighted by molar-refractivity contribution is -0.154. The van der Waals surface area contributed by atoms with Crippen molar-refractivity contribution in [2.24, 2.45) is 5.92 Å². The summed E-state index contributed by atoms with van der Waals surface area (Å²) in [6.45, 7) is 8.80. The van der Waals surface area contributed by atoms with Gasteiger partial charge < -0.3 is 25.2 Å². The Kier molecular flexibility index (Phi) is 9.45. The van der Waals surface area contributed by atoms with Crippen LogP contribution in [0.15, 0.2) is 29.2 Å². The lowest BCUT2D eigenvalue weighted by Crippen LogP contribution is -2.50. The molecule has 0 bridgehead atoms. The molecule has 1 aromatic carbocycles. The van der Waals surface area contributed by atoms with E-state index in [1.807, 2.05) is 13.8 Å². The number of rotatable bonds is 8. The van der Waals surface area contributed by atoms with Crippen molar-refractivity contribution in [3.05, 3.63) is 24.3 Å². The topological polar surface area (TPSA) is 120 Å². The first kappa shape index (κ1) is 24.8. The number of urea groups is 1.